The second-order valence-corrected chi connectivity index (χ2v) is 8.79. The third kappa shape index (κ3) is 4.90. The number of aromatic nitrogens is 1. The molecule has 5 rings (SSSR count). The van der Waals surface area contributed by atoms with E-state index in [2.05, 4.69) is 16.8 Å². The number of hydrogen-bond acceptors (Lipinski definition) is 7. The van der Waals surface area contributed by atoms with Crippen LogP contribution in [-0.2, 0) is 10.4 Å². The molecule has 4 N–H and O–H groups in total. The van der Waals surface area contributed by atoms with Gasteiger partial charge in [0.2, 0.25) is 0 Å². The summed E-state index contributed by atoms with van der Waals surface area (Å²) in [7, 11) is -3.02. The lowest BCUT2D eigenvalue weighted by Crippen LogP contribution is -2.63. The molecule has 5 atom stereocenters. The summed E-state index contributed by atoms with van der Waals surface area (Å²) in [5.41, 5.74) is 1.15. The maximum Gasteiger partial charge on any atom is 0.394 e. The van der Waals surface area contributed by atoms with Crippen LogP contribution in [0.25, 0.3) is 10.9 Å². The minimum absolute atomic E-state index is 0.0439. The topological polar surface area (TPSA) is 140 Å². The molecule has 0 saturated carbocycles. The van der Waals surface area contributed by atoms with E-state index in [1.54, 1.807) is 13.3 Å². The van der Waals surface area contributed by atoms with E-state index in [1.807, 2.05) is 24.3 Å². The molecule has 0 radical (unpaired) electrons. The normalized spacial score (nSPS) is 29.2. The zero-order valence-corrected chi connectivity index (χ0v) is 17.8. The van der Waals surface area contributed by atoms with Crippen LogP contribution in [0.3, 0.4) is 0 Å². The first-order valence-electron chi connectivity index (χ1n) is 9.82. The Balaban J connectivity index is 0.000000461. The van der Waals surface area contributed by atoms with E-state index >= 15 is 0 Å². The Morgan fingerprint density at radius 3 is 2.60 bits per heavy atom. The van der Waals surface area contributed by atoms with Crippen LogP contribution < -0.4 is 4.74 Å². The molecule has 1 aromatic heterocycles. The Morgan fingerprint density at radius 2 is 2.03 bits per heavy atom. The summed E-state index contributed by atoms with van der Waals surface area (Å²) in [5.74, 6) is 1.03. The van der Waals surface area contributed by atoms with Gasteiger partial charge in [0, 0.05) is 24.2 Å². The van der Waals surface area contributed by atoms with Gasteiger partial charge in [-0.25, -0.2) is 0 Å². The first kappa shape index (κ1) is 22.9. The predicted molar refractivity (Wildman–Crippen MR) is 111 cm³/mol. The maximum absolute atomic E-state index is 11.2. The standard InChI is InChI=1S/C20H26N2O3.H2O4S/c1-3-20(24)12-22-9-7-13(20)10-18(22)19(23)15-6-8-21-17-5-4-14(25-2)11-16(15)17;1-5(2,3)4/h4-6,8,11,13,18-19,23-24H,3,7,9-10,12H2,1-2H3;(H2,1,2,3,4)/t13-,18+,19-,20+;/m0./s1. The van der Waals surface area contributed by atoms with E-state index in [0.29, 0.717) is 6.54 Å². The van der Waals surface area contributed by atoms with Gasteiger partial charge >= 0.3 is 10.4 Å². The van der Waals surface area contributed by atoms with Gasteiger partial charge in [-0.15, -0.1) is 0 Å². The number of ether oxygens (including phenoxy) is 1. The lowest BCUT2D eigenvalue weighted by Gasteiger charge is -2.55. The van der Waals surface area contributed by atoms with Crippen LogP contribution in [0, 0.1) is 5.92 Å². The van der Waals surface area contributed by atoms with Crippen molar-refractivity contribution in [1.29, 1.82) is 0 Å². The minimum atomic E-state index is -4.67. The quantitative estimate of drug-likeness (QED) is 0.524. The first-order chi connectivity index (χ1) is 14.1. The number of nitrogens with zero attached hydrogens (tertiary/aromatic N) is 2. The first-order valence-corrected chi connectivity index (χ1v) is 11.2. The molecule has 4 heterocycles. The number of aliphatic hydroxyl groups excluding tert-OH is 1. The molecule has 9 nitrogen and oxygen atoms in total. The Kier molecular flexibility index (Phi) is 6.66. The third-order valence-electron chi connectivity index (χ3n) is 6.27. The second-order valence-electron chi connectivity index (χ2n) is 7.89. The molecule has 3 aliphatic rings. The average Bonchev–Trinajstić information content (AvgIpc) is 2.71. The van der Waals surface area contributed by atoms with Gasteiger partial charge < -0.3 is 14.9 Å². The van der Waals surface area contributed by atoms with Crippen molar-refractivity contribution in [3.63, 3.8) is 0 Å². The van der Waals surface area contributed by atoms with E-state index in [4.69, 9.17) is 22.3 Å². The zero-order valence-electron chi connectivity index (χ0n) is 17.0. The molecule has 0 amide bonds. The van der Waals surface area contributed by atoms with Gasteiger partial charge in [-0.2, -0.15) is 8.42 Å². The molecular weight excluding hydrogens is 412 g/mol. The molecule has 0 spiro atoms. The van der Waals surface area contributed by atoms with Gasteiger partial charge in [-0.05, 0) is 61.6 Å². The van der Waals surface area contributed by atoms with E-state index in [-0.39, 0.29) is 12.0 Å². The van der Waals surface area contributed by atoms with Crippen molar-refractivity contribution in [2.75, 3.05) is 20.2 Å². The highest BCUT2D eigenvalue weighted by Crippen LogP contribution is 2.44. The smallest absolute Gasteiger partial charge is 0.394 e. The highest BCUT2D eigenvalue weighted by Gasteiger charge is 2.50. The number of methoxy groups -OCH3 is 1. The molecular formula is C20H28N2O7S. The van der Waals surface area contributed by atoms with Gasteiger partial charge in [0.15, 0.2) is 0 Å². The Bertz CT molecular complexity index is 992. The van der Waals surface area contributed by atoms with Crippen LogP contribution in [0.1, 0.15) is 37.9 Å². The molecule has 3 fully saturated rings. The van der Waals surface area contributed by atoms with Crippen LogP contribution in [0.4, 0.5) is 0 Å². The monoisotopic (exact) mass is 440 g/mol. The minimum Gasteiger partial charge on any atom is -0.497 e. The van der Waals surface area contributed by atoms with E-state index in [9.17, 15) is 10.2 Å². The zero-order chi connectivity index (χ0) is 22.1. The maximum atomic E-state index is 11.2. The van der Waals surface area contributed by atoms with Gasteiger partial charge in [0.25, 0.3) is 0 Å². The lowest BCUT2D eigenvalue weighted by molar-refractivity contribution is -0.153. The fourth-order valence-electron chi connectivity index (χ4n) is 4.68. The molecule has 1 aromatic carbocycles. The highest BCUT2D eigenvalue weighted by molar-refractivity contribution is 7.79. The Hall–Kier alpha value is -1.82. The molecule has 1 unspecified atom stereocenters. The number of benzene rings is 1. The number of aliphatic hydroxyl groups is 2. The largest absolute Gasteiger partial charge is 0.497 e. The number of rotatable bonds is 4. The number of piperidine rings is 3. The van der Waals surface area contributed by atoms with Crippen molar-refractivity contribution in [3.8, 4) is 5.75 Å². The van der Waals surface area contributed by atoms with Crippen molar-refractivity contribution in [3.05, 3.63) is 36.0 Å². The summed E-state index contributed by atoms with van der Waals surface area (Å²) < 4.78 is 36.9. The Morgan fingerprint density at radius 1 is 1.33 bits per heavy atom. The van der Waals surface area contributed by atoms with Gasteiger partial charge in [-0.1, -0.05) is 6.92 Å². The summed E-state index contributed by atoms with van der Waals surface area (Å²) in [5, 5.41) is 22.9. The van der Waals surface area contributed by atoms with Crippen LogP contribution >= 0.6 is 0 Å². The third-order valence-corrected chi connectivity index (χ3v) is 6.27. The molecule has 10 heteroatoms. The van der Waals surface area contributed by atoms with Crippen LogP contribution in [0.5, 0.6) is 5.75 Å². The molecule has 3 saturated heterocycles. The van der Waals surface area contributed by atoms with E-state index < -0.39 is 22.1 Å². The molecule has 2 bridgehead atoms. The van der Waals surface area contributed by atoms with Crippen molar-refractivity contribution in [1.82, 2.24) is 9.88 Å². The van der Waals surface area contributed by atoms with E-state index in [0.717, 1.165) is 48.0 Å². The van der Waals surface area contributed by atoms with Crippen molar-refractivity contribution < 1.29 is 32.5 Å². The van der Waals surface area contributed by atoms with Crippen LogP contribution in [0.2, 0.25) is 0 Å². The van der Waals surface area contributed by atoms with Crippen LogP contribution in [0.15, 0.2) is 30.5 Å². The van der Waals surface area contributed by atoms with Crippen molar-refractivity contribution in [2.24, 2.45) is 5.92 Å². The summed E-state index contributed by atoms with van der Waals surface area (Å²) in [6.45, 7) is 3.65. The highest BCUT2D eigenvalue weighted by atomic mass is 32.3. The summed E-state index contributed by atoms with van der Waals surface area (Å²) in [6.07, 6.45) is 3.78. The summed E-state index contributed by atoms with van der Waals surface area (Å²) in [6, 6.07) is 7.70. The fourth-order valence-corrected chi connectivity index (χ4v) is 4.68. The van der Waals surface area contributed by atoms with Gasteiger partial charge in [0.05, 0.1) is 24.3 Å². The van der Waals surface area contributed by atoms with Crippen LogP contribution in [-0.4, -0.2) is 69.5 Å². The molecule has 2 aromatic rings. The molecule has 30 heavy (non-hydrogen) atoms. The van der Waals surface area contributed by atoms with Crippen molar-refractivity contribution >= 4 is 21.3 Å². The SMILES string of the molecule is CC[C@@]1(O)CN2CC[C@H]1C[C@@H]2[C@@H](O)c1ccnc2ccc(OC)cc12.O=S(=O)(O)O. The Labute approximate surface area is 175 Å². The summed E-state index contributed by atoms with van der Waals surface area (Å²) in [4.78, 5) is 6.67. The lowest BCUT2D eigenvalue weighted by atomic mass is 9.69. The van der Waals surface area contributed by atoms with E-state index in [1.165, 1.54) is 0 Å². The number of fused-ring (bicyclic) bond motifs is 4. The average molecular weight is 441 g/mol. The van der Waals surface area contributed by atoms with Gasteiger partial charge in [-0.3, -0.25) is 19.0 Å². The summed E-state index contributed by atoms with van der Waals surface area (Å²) >= 11 is 0. The van der Waals surface area contributed by atoms with Gasteiger partial charge in [0.1, 0.15) is 5.75 Å². The molecule has 166 valence electrons. The second kappa shape index (κ2) is 8.74. The molecule has 3 aliphatic heterocycles. The number of pyridine rings is 1. The molecule has 0 aliphatic carbocycles. The predicted octanol–water partition coefficient (Wildman–Crippen LogP) is 1.86. The van der Waals surface area contributed by atoms with Crippen molar-refractivity contribution in [2.45, 2.75) is 43.9 Å². The fraction of sp³-hybridized carbons (Fsp3) is 0.550. The number of hydrogen-bond donors (Lipinski definition) is 4.